The Bertz CT molecular complexity index is 189. The number of hydrogen-bond acceptors (Lipinski definition) is 2. The van der Waals surface area contributed by atoms with Crippen LogP contribution in [0.4, 0.5) is 0 Å². The van der Waals surface area contributed by atoms with E-state index in [0.717, 1.165) is 6.42 Å². The highest BCUT2D eigenvalue weighted by molar-refractivity contribution is 5.82. The molecule has 1 amide bonds. The van der Waals surface area contributed by atoms with Gasteiger partial charge in [0, 0.05) is 12.0 Å². The molecule has 0 radical (unpaired) electrons. The van der Waals surface area contributed by atoms with Crippen LogP contribution in [0, 0.1) is 11.3 Å². The zero-order valence-electron chi connectivity index (χ0n) is 7.92. The smallest absolute Gasteiger partial charge is 0.223 e. The average molecular weight is 171 g/mol. The molecule has 1 fully saturated rings. The van der Waals surface area contributed by atoms with Crippen molar-refractivity contribution in [2.45, 2.75) is 33.2 Å². The van der Waals surface area contributed by atoms with Crippen LogP contribution in [0.1, 0.15) is 27.2 Å². The number of aliphatic hydroxyl groups excluding tert-OH is 1. The van der Waals surface area contributed by atoms with Gasteiger partial charge >= 0.3 is 0 Å². The van der Waals surface area contributed by atoms with Gasteiger partial charge in [-0.2, -0.15) is 0 Å². The second-order valence-corrected chi connectivity index (χ2v) is 4.34. The van der Waals surface area contributed by atoms with Crippen LogP contribution < -0.4 is 5.32 Å². The van der Waals surface area contributed by atoms with Crippen LogP contribution in [0.15, 0.2) is 0 Å². The molecular weight excluding hydrogens is 154 g/mol. The number of aliphatic hydroxyl groups is 1. The van der Waals surface area contributed by atoms with Crippen LogP contribution in [0.5, 0.6) is 0 Å². The lowest BCUT2D eigenvalue weighted by Gasteiger charge is -2.11. The van der Waals surface area contributed by atoms with Gasteiger partial charge in [-0.1, -0.05) is 13.8 Å². The fourth-order valence-electron chi connectivity index (χ4n) is 1.30. The van der Waals surface area contributed by atoms with E-state index in [2.05, 4.69) is 19.2 Å². The molecule has 0 saturated heterocycles. The van der Waals surface area contributed by atoms with Crippen molar-refractivity contribution in [2.24, 2.45) is 11.3 Å². The molecule has 2 atom stereocenters. The van der Waals surface area contributed by atoms with E-state index >= 15 is 0 Å². The summed E-state index contributed by atoms with van der Waals surface area (Å²) in [7, 11) is 0. The zero-order valence-corrected chi connectivity index (χ0v) is 7.92. The fraction of sp³-hybridized carbons (Fsp3) is 0.889. The van der Waals surface area contributed by atoms with Crippen molar-refractivity contribution in [3.05, 3.63) is 0 Å². The molecule has 1 aliphatic rings. The van der Waals surface area contributed by atoms with Gasteiger partial charge in [-0.05, 0) is 18.8 Å². The van der Waals surface area contributed by atoms with Crippen molar-refractivity contribution < 1.29 is 9.90 Å². The molecule has 1 unspecified atom stereocenters. The first-order chi connectivity index (χ1) is 5.47. The minimum Gasteiger partial charge on any atom is -0.394 e. The van der Waals surface area contributed by atoms with Crippen molar-refractivity contribution >= 4 is 5.91 Å². The normalized spacial score (nSPS) is 27.8. The molecule has 2 N–H and O–H groups in total. The molecule has 0 aromatic heterocycles. The van der Waals surface area contributed by atoms with Crippen LogP contribution in [-0.2, 0) is 4.79 Å². The molecule has 0 aromatic rings. The first-order valence-corrected chi connectivity index (χ1v) is 4.38. The number of nitrogens with one attached hydrogen (secondary N) is 1. The molecular formula is C9H17NO2. The number of hydrogen-bond donors (Lipinski definition) is 2. The highest BCUT2D eigenvalue weighted by atomic mass is 16.3. The Balaban J connectivity index is 2.32. The van der Waals surface area contributed by atoms with Crippen molar-refractivity contribution in [3.8, 4) is 0 Å². The number of carbonyl (C=O) groups is 1. The first-order valence-electron chi connectivity index (χ1n) is 4.38. The molecule has 12 heavy (non-hydrogen) atoms. The topological polar surface area (TPSA) is 49.3 Å². The Labute approximate surface area is 73.2 Å². The summed E-state index contributed by atoms with van der Waals surface area (Å²) < 4.78 is 0. The monoisotopic (exact) mass is 171 g/mol. The van der Waals surface area contributed by atoms with Crippen LogP contribution >= 0.6 is 0 Å². The predicted octanol–water partition coefficient (Wildman–Crippen LogP) is 0.529. The molecule has 0 aromatic carbocycles. The van der Waals surface area contributed by atoms with Crippen LogP contribution in [-0.4, -0.2) is 23.7 Å². The lowest BCUT2D eigenvalue weighted by molar-refractivity contribution is -0.123. The molecule has 1 saturated carbocycles. The summed E-state index contributed by atoms with van der Waals surface area (Å²) in [5, 5.41) is 11.5. The second-order valence-electron chi connectivity index (χ2n) is 4.34. The number of amides is 1. The quantitative estimate of drug-likeness (QED) is 0.650. The van der Waals surface area contributed by atoms with E-state index in [4.69, 9.17) is 5.11 Å². The highest BCUT2D eigenvalue weighted by Crippen LogP contribution is 2.51. The van der Waals surface area contributed by atoms with Gasteiger partial charge in [-0.3, -0.25) is 4.79 Å². The molecule has 1 aliphatic carbocycles. The Morgan fingerprint density at radius 2 is 2.25 bits per heavy atom. The zero-order chi connectivity index (χ0) is 9.35. The van der Waals surface area contributed by atoms with Gasteiger partial charge in [0.1, 0.15) is 0 Å². The predicted molar refractivity (Wildman–Crippen MR) is 46.6 cm³/mol. The fourth-order valence-corrected chi connectivity index (χ4v) is 1.30. The number of carbonyl (C=O) groups excluding carboxylic acids is 1. The molecule has 1 rings (SSSR count). The third kappa shape index (κ3) is 1.97. The summed E-state index contributed by atoms with van der Waals surface area (Å²) in [6.45, 7) is 5.98. The summed E-state index contributed by atoms with van der Waals surface area (Å²) in [5.41, 5.74) is 0.180. The van der Waals surface area contributed by atoms with Gasteiger partial charge in [-0.15, -0.1) is 0 Å². The summed E-state index contributed by atoms with van der Waals surface area (Å²) in [5.74, 6) is 0.244. The first kappa shape index (κ1) is 9.52. The third-order valence-corrected chi connectivity index (χ3v) is 2.49. The van der Waals surface area contributed by atoms with E-state index < -0.39 is 0 Å². The van der Waals surface area contributed by atoms with Gasteiger partial charge in [-0.25, -0.2) is 0 Å². The van der Waals surface area contributed by atoms with Gasteiger partial charge in [0.2, 0.25) is 5.91 Å². The Hall–Kier alpha value is -0.570. The van der Waals surface area contributed by atoms with E-state index in [9.17, 15) is 4.79 Å². The van der Waals surface area contributed by atoms with Crippen LogP contribution in [0.3, 0.4) is 0 Å². The minimum absolute atomic E-state index is 0.0128. The van der Waals surface area contributed by atoms with Gasteiger partial charge in [0.05, 0.1) is 6.61 Å². The molecule has 70 valence electrons. The van der Waals surface area contributed by atoms with Gasteiger partial charge < -0.3 is 10.4 Å². The third-order valence-electron chi connectivity index (χ3n) is 2.49. The SMILES string of the molecule is CC(CO)NC(=O)[C@H]1CC1(C)C. The minimum atomic E-state index is -0.117. The Morgan fingerprint density at radius 3 is 2.58 bits per heavy atom. The van der Waals surface area contributed by atoms with E-state index in [1.807, 2.05) is 0 Å². The molecule has 0 bridgehead atoms. The summed E-state index contributed by atoms with van der Waals surface area (Å²) in [4.78, 5) is 11.4. The maximum Gasteiger partial charge on any atom is 0.223 e. The highest BCUT2D eigenvalue weighted by Gasteiger charge is 2.50. The van der Waals surface area contributed by atoms with Gasteiger partial charge in [0.25, 0.3) is 0 Å². The average Bonchev–Trinajstić information content (AvgIpc) is 2.59. The van der Waals surface area contributed by atoms with E-state index in [1.165, 1.54) is 0 Å². The van der Waals surface area contributed by atoms with Crippen LogP contribution in [0.25, 0.3) is 0 Å². The standard InChI is InChI=1S/C9H17NO2/c1-6(5-11)10-8(12)7-4-9(7,2)3/h6-7,11H,4-5H2,1-3H3,(H,10,12)/t6?,7-/m1/s1. The molecule has 0 spiro atoms. The van der Waals surface area contributed by atoms with Crippen molar-refractivity contribution in [2.75, 3.05) is 6.61 Å². The summed E-state index contributed by atoms with van der Waals surface area (Å²) in [6, 6.07) is -0.117. The number of rotatable bonds is 3. The summed E-state index contributed by atoms with van der Waals surface area (Å²) >= 11 is 0. The van der Waals surface area contributed by atoms with E-state index in [-0.39, 0.29) is 29.9 Å². The maximum absolute atomic E-state index is 11.4. The second kappa shape index (κ2) is 3.05. The van der Waals surface area contributed by atoms with Crippen molar-refractivity contribution in [3.63, 3.8) is 0 Å². The molecule has 0 heterocycles. The van der Waals surface area contributed by atoms with E-state index in [1.54, 1.807) is 6.92 Å². The van der Waals surface area contributed by atoms with E-state index in [0.29, 0.717) is 0 Å². The van der Waals surface area contributed by atoms with Crippen molar-refractivity contribution in [1.82, 2.24) is 5.32 Å². The van der Waals surface area contributed by atoms with Crippen LogP contribution in [0.2, 0.25) is 0 Å². The lowest BCUT2D eigenvalue weighted by Crippen LogP contribution is -2.36. The Morgan fingerprint density at radius 1 is 1.75 bits per heavy atom. The van der Waals surface area contributed by atoms with Gasteiger partial charge in [0.15, 0.2) is 0 Å². The maximum atomic E-state index is 11.4. The lowest BCUT2D eigenvalue weighted by atomic mass is 10.1. The molecule has 0 aliphatic heterocycles. The molecule has 3 heteroatoms. The molecule has 3 nitrogen and oxygen atoms in total. The largest absolute Gasteiger partial charge is 0.394 e. The Kier molecular flexibility index (Phi) is 2.42. The summed E-state index contributed by atoms with van der Waals surface area (Å²) in [6.07, 6.45) is 0.969. The van der Waals surface area contributed by atoms with Crippen molar-refractivity contribution in [1.29, 1.82) is 0 Å².